The van der Waals surface area contributed by atoms with Gasteiger partial charge >= 0.3 is 13.8 Å². The lowest BCUT2D eigenvalue weighted by atomic mass is 10.0. The van der Waals surface area contributed by atoms with Crippen molar-refractivity contribution >= 4 is 13.8 Å². The van der Waals surface area contributed by atoms with E-state index >= 15 is 0 Å². The van der Waals surface area contributed by atoms with Crippen LogP contribution in [0.3, 0.4) is 0 Å². The minimum absolute atomic E-state index is 0.0748. The van der Waals surface area contributed by atoms with Crippen LogP contribution < -0.4 is 0 Å². The highest BCUT2D eigenvalue weighted by molar-refractivity contribution is 7.47. The second-order valence-corrected chi connectivity index (χ2v) is 20.7. The van der Waals surface area contributed by atoms with Crippen LogP contribution in [0.5, 0.6) is 0 Å². The molecule has 0 rings (SSSR count). The molecule has 0 aromatic heterocycles. The van der Waals surface area contributed by atoms with Gasteiger partial charge in [-0.3, -0.25) is 13.8 Å². The van der Waals surface area contributed by atoms with Gasteiger partial charge < -0.3 is 18.9 Å². The van der Waals surface area contributed by atoms with Crippen LogP contribution in [-0.2, 0) is 27.9 Å². The molecule has 67 heavy (non-hydrogen) atoms. The van der Waals surface area contributed by atoms with Crippen LogP contribution >= 0.6 is 7.82 Å². The molecule has 0 aliphatic heterocycles. The van der Waals surface area contributed by atoms with Crippen LogP contribution in [0.2, 0.25) is 0 Å². The van der Waals surface area contributed by atoms with Crippen LogP contribution in [0.4, 0.5) is 0 Å². The number of phosphoric acid groups is 1. The summed E-state index contributed by atoms with van der Waals surface area (Å²) >= 11 is 0. The first-order valence-electron chi connectivity index (χ1n) is 27.3. The lowest BCUT2D eigenvalue weighted by Gasteiger charge is -2.24. The van der Waals surface area contributed by atoms with Gasteiger partial charge in [-0.1, -0.05) is 234 Å². The van der Waals surface area contributed by atoms with E-state index in [4.69, 9.17) is 18.5 Å². The molecule has 0 fully saturated rings. The summed E-state index contributed by atoms with van der Waals surface area (Å²) in [5.41, 5.74) is 0. The molecule has 0 aliphatic carbocycles. The molecule has 9 heteroatoms. The molecule has 0 saturated carbocycles. The number of likely N-dealkylation sites (N-methyl/N-ethyl adjacent to an activating group) is 1. The first kappa shape index (κ1) is 64.7. The summed E-state index contributed by atoms with van der Waals surface area (Å²) in [5, 5.41) is 0. The normalized spacial score (nSPS) is 14.2. The zero-order chi connectivity index (χ0) is 49.0. The van der Waals surface area contributed by atoms with Crippen LogP contribution in [0.1, 0.15) is 219 Å². The molecule has 0 aromatic carbocycles. The molecule has 2 unspecified atom stereocenters. The lowest BCUT2D eigenvalue weighted by molar-refractivity contribution is -0.870. The summed E-state index contributed by atoms with van der Waals surface area (Å²) in [4.78, 5) is 23.0. The first-order valence-corrected chi connectivity index (χ1v) is 28.8. The molecule has 0 saturated heterocycles. The Kier molecular flexibility index (Phi) is 48.3. The summed E-state index contributed by atoms with van der Waals surface area (Å²) in [5.74, 6) is -0.370. The number of allylic oxidation sites excluding steroid dienone is 14. The van der Waals surface area contributed by atoms with Crippen molar-refractivity contribution in [2.75, 3.05) is 54.1 Å². The fourth-order valence-electron chi connectivity index (χ4n) is 7.31. The maximum Gasteiger partial charge on any atom is 0.472 e. The van der Waals surface area contributed by atoms with Gasteiger partial charge in [0.25, 0.3) is 0 Å². The van der Waals surface area contributed by atoms with Crippen molar-refractivity contribution in [1.29, 1.82) is 0 Å². The number of carbonyl (C=O) groups is 1. The van der Waals surface area contributed by atoms with E-state index in [0.29, 0.717) is 24.1 Å². The molecule has 8 nitrogen and oxygen atoms in total. The van der Waals surface area contributed by atoms with Gasteiger partial charge in [-0.2, -0.15) is 0 Å². The Morgan fingerprint density at radius 3 is 1.24 bits per heavy atom. The number of nitrogens with zero attached hydrogens (tertiary/aromatic N) is 1. The molecule has 0 bridgehead atoms. The summed E-state index contributed by atoms with van der Waals surface area (Å²) in [7, 11) is 1.63. The van der Waals surface area contributed by atoms with Gasteiger partial charge in [0.15, 0.2) is 0 Å². The Hall–Kier alpha value is -2.32. The number of quaternary nitrogens is 1. The van der Waals surface area contributed by atoms with E-state index in [1.807, 2.05) is 21.1 Å². The minimum Gasteiger partial charge on any atom is -0.457 e. The highest BCUT2D eigenvalue weighted by Gasteiger charge is 2.26. The SMILES string of the molecule is CC/C=C\C/C=C\C/C=C\C/C=C\C/C=C\C/C=C\C/C=C\CCCC(=O)OC(COCCCCCCCCCCCCCCCCCCCCCCCC)COP(=O)(O)OCC[N+](C)(C)C. The van der Waals surface area contributed by atoms with Gasteiger partial charge in [0.05, 0.1) is 34.4 Å². The molecule has 0 aliphatic rings. The molecular formula is C58H105NO7P+. The summed E-state index contributed by atoms with van der Waals surface area (Å²) < 4.78 is 35.1. The standard InChI is InChI=1S/C58H104NO7P/c1-6-8-10-12-14-16-18-20-22-24-26-28-30-31-33-35-37-39-41-43-45-47-49-51-58(60)66-57(56-65-67(61,62)64-54-52-59(3,4)5)55-63-53-50-48-46-44-42-40-38-36-34-32-29-27-25-23-21-19-17-15-13-11-9-7-2/h8,10,14,16,20,22,26,28,31,33,37,39,43,45,57H,6-7,9,11-13,15,17-19,21,23-25,27,29-30,32,34-36,38,40-42,44,46-56H2,1-5H3/p+1/b10-8-,16-14-,22-20-,28-26-,33-31-,39-37-,45-43-. The number of ether oxygens (including phenoxy) is 2. The Morgan fingerprint density at radius 2 is 0.851 bits per heavy atom. The number of hydrogen-bond donors (Lipinski definition) is 1. The Balaban J connectivity index is 4.22. The van der Waals surface area contributed by atoms with Gasteiger partial charge in [-0.05, 0) is 64.2 Å². The first-order chi connectivity index (χ1) is 32.6. The third-order valence-electron chi connectivity index (χ3n) is 11.5. The Labute approximate surface area is 414 Å². The van der Waals surface area contributed by atoms with Crippen molar-refractivity contribution in [3.05, 3.63) is 85.1 Å². The number of rotatable bonds is 50. The van der Waals surface area contributed by atoms with E-state index < -0.39 is 13.9 Å². The monoisotopic (exact) mass is 959 g/mol. The third-order valence-corrected chi connectivity index (χ3v) is 12.5. The van der Waals surface area contributed by atoms with Crippen molar-refractivity contribution in [3.63, 3.8) is 0 Å². The molecule has 0 radical (unpaired) electrons. The fraction of sp³-hybridized carbons (Fsp3) is 0.741. The predicted molar refractivity (Wildman–Crippen MR) is 288 cm³/mol. The summed E-state index contributed by atoms with van der Waals surface area (Å²) in [6, 6.07) is 0. The smallest absolute Gasteiger partial charge is 0.457 e. The minimum atomic E-state index is -4.30. The van der Waals surface area contributed by atoms with Crippen molar-refractivity contribution in [3.8, 4) is 0 Å². The van der Waals surface area contributed by atoms with Crippen LogP contribution in [0.15, 0.2) is 85.1 Å². The highest BCUT2D eigenvalue weighted by atomic mass is 31.2. The topological polar surface area (TPSA) is 91.3 Å². The molecule has 1 N–H and O–H groups in total. The number of esters is 1. The summed E-state index contributed by atoms with van der Waals surface area (Å²) in [6.07, 6.45) is 67.9. The van der Waals surface area contributed by atoms with E-state index in [-0.39, 0.29) is 32.2 Å². The lowest BCUT2D eigenvalue weighted by Crippen LogP contribution is -2.37. The van der Waals surface area contributed by atoms with Gasteiger partial charge in [-0.15, -0.1) is 0 Å². The predicted octanol–water partition coefficient (Wildman–Crippen LogP) is 17.2. The van der Waals surface area contributed by atoms with E-state index in [1.165, 1.54) is 128 Å². The Morgan fingerprint density at radius 1 is 0.478 bits per heavy atom. The Bertz CT molecular complexity index is 1340. The molecular weight excluding hydrogens is 854 g/mol. The van der Waals surface area contributed by atoms with E-state index in [2.05, 4.69) is 98.9 Å². The van der Waals surface area contributed by atoms with Crippen molar-refractivity contribution in [2.24, 2.45) is 0 Å². The van der Waals surface area contributed by atoms with Gasteiger partial charge in [0.1, 0.15) is 19.3 Å². The van der Waals surface area contributed by atoms with E-state index in [1.54, 1.807) is 0 Å². The van der Waals surface area contributed by atoms with Crippen LogP contribution in [-0.4, -0.2) is 75.6 Å². The maximum absolute atomic E-state index is 12.8. The van der Waals surface area contributed by atoms with Gasteiger partial charge in [-0.25, -0.2) is 4.57 Å². The molecule has 0 heterocycles. The van der Waals surface area contributed by atoms with Gasteiger partial charge in [0, 0.05) is 13.0 Å². The zero-order valence-electron chi connectivity index (χ0n) is 44.1. The number of hydrogen-bond acceptors (Lipinski definition) is 6. The molecule has 2 atom stereocenters. The van der Waals surface area contributed by atoms with Crippen molar-refractivity contribution < 1.29 is 37.3 Å². The van der Waals surface area contributed by atoms with Crippen molar-refractivity contribution in [2.45, 2.75) is 225 Å². The van der Waals surface area contributed by atoms with Crippen molar-refractivity contribution in [1.82, 2.24) is 0 Å². The summed E-state index contributed by atoms with van der Waals surface area (Å²) in [6.45, 7) is 5.45. The van der Waals surface area contributed by atoms with E-state index in [0.717, 1.165) is 64.2 Å². The van der Waals surface area contributed by atoms with Gasteiger partial charge in [0.2, 0.25) is 0 Å². The maximum atomic E-state index is 12.8. The number of carbonyl (C=O) groups excluding carboxylic acids is 1. The molecule has 0 aromatic rings. The highest BCUT2D eigenvalue weighted by Crippen LogP contribution is 2.43. The van der Waals surface area contributed by atoms with Crippen LogP contribution in [0.25, 0.3) is 0 Å². The molecule has 0 amide bonds. The average Bonchev–Trinajstić information content (AvgIpc) is 3.29. The zero-order valence-corrected chi connectivity index (χ0v) is 45.0. The fourth-order valence-corrected chi connectivity index (χ4v) is 8.05. The second-order valence-electron chi connectivity index (χ2n) is 19.2. The molecule has 388 valence electrons. The largest absolute Gasteiger partial charge is 0.472 e. The van der Waals surface area contributed by atoms with E-state index in [9.17, 15) is 14.3 Å². The number of unbranched alkanes of at least 4 members (excludes halogenated alkanes) is 22. The third kappa shape index (κ3) is 54.5. The quantitative estimate of drug-likeness (QED) is 0.0213. The average molecular weight is 959 g/mol. The number of phosphoric ester groups is 1. The van der Waals surface area contributed by atoms with Crippen LogP contribution in [0, 0.1) is 0 Å². The molecule has 0 spiro atoms. The second kappa shape index (κ2) is 50.1.